The molecule has 1 aliphatic heterocycles. The summed E-state index contributed by atoms with van der Waals surface area (Å²) in [7, 11) is 0. The molecule has 0 aliphatic carbocycles. The number of rotatable bonds is 4. The van der Waals surface area contributed by atoms with Gasteiger partial charge in [-0.25, -0.2) is 0 Å². The smallest absolute Gasteiger partial charge is 0.0608 e. The van der Waals surface area contributed by atoms with Crippen molar-refractivity contribution in [2.45, 2.75) is 32.4 Å². The van der Waals surface area contributed by atoms with Crippen LogP contribution in [0.25, 0.3) is 0 Å². The maximum Gasteiger partial charge on any atom is 0.0608 e. The van der Waals surface area contributed by atoms with Crippen molar-refractivity contribution < 1.29 is 4.74 Å². The molecule has 2 N–H and O–H groups in total. The summed E-state index contributed by atoms with van der Waals surface area (Å²) >= 11 is 6.08. The van der Waals surface area contributed by atoms with E-state index in [-0.39, 0.29) is 0 Å². The molecule has 1 saturated heterocycles. The number of anilines is 1. The zero-order chi connectivity index (χ0) is 13.0. The number of benzene rings is 1. The van der Waals surface area contributed by atoms with E-state index in [0.29, 0.717) is 12.6 Å². The summed E-state index contributed by atoms with van der Waals surface area (Å²) in [5.41, 5.74) is 8.13. The summed E-state index contributed by atoms with van der Waals surface area (Å²) in [6.45, 7) is 5.43. The highest BCUT2D eigenvalue weighted by Crippen LogP contribution is 2.28. The van der Waals surface area contributed by atoms with E-state index in [1.165, 1.54) is 5.69 Å². The van der Waals surface area contributed by atoms with Crippen LogP contribution in [-0.4, -0.2) is 25.8 Å². The van der Waals surface area contributed by atoms with Crippen LogP contribution in [0.2, 0.25) is 5.02 Å². The van der Waals surface area contributed by atoms with Gasteiger partial charge in [-0.05, 0) is 37.5 Å². The first kappa shape index (κ1) is 13.7. The molecule has 0 saturated carbocycles. The van der Waals surface area contributed by atoms with Crippen molar-refractivity contribution in [2.24, 2.45) is 5.73 Å². The van der Waals surface area contributed by atoms with Crippen LogP contribution in [0.4, 0.5) is 5.69 Å². The van der Waals surface area contributed by atoms with Crippen LogP contribution in [0.15, 0.2) is 18.2 Å². The van der Waals surface area contributed by atoms with E-state index in [1.807, 2.05) is 18.2 Å². The number of nitrogens with zero attached hydrogens (tertiary/aromatic N) is 1. The van der Waals surface area contributed by atoms with Crippen molar-refractivity contribution in [1.29, 1.82) is 0 Å². The Morgan fingerprint density at radius 1 is 1.39 bits per heavy atom. The van der Waals surface area contributed by atoms with Crippen LogP contribution >= 0.6 is 11.6 Å². The lowest BCUT2D eigenvalue weighted by Crippen LogP contribution is -2.37. The first-order chi connectivity index (χ1) is 8.74. The number of halogens is 1. The molecule has 0 atom stereocenters. The third-order valence-corrected chi connectivity index (χ3v) is 3.69. The van der Waals surface area contributed by atoms with Gasteiger partial charge >= 0.3 is 0 Å². The van der Waals surface area contributed by atoms with Crippen LogP contribution in [-0.2, 0) is 11.3 Å². The molecule has 0 amide bonds. The minimum Gasteiger partial charge on any atom is -0.378 e. The fraction of sp³-hybridized carbons (Fsp3) is 0.571. The van der Waals surface area contributed by atoms with Gasteiger partial charge < -0.3 is 15.4 Å². The predicted molar refractivity (Wildman–Crippen MR) is 76.2 cm³/mol. The minimum atomic E-state index is 0.409. The maximum absolute atomic E-state index is 6.08. The quantitative estimate of drug-likeness (QED) is 0.913. The van der Waals surface area contributed by atoms with Crippen molar-refractivity contribution >= 4 is 17.3 Å². The van der Waals surface area contributed by atoms with Gasteiger partial charge in [-0.3, -0.25) is 0 Å². The molecule has 2 rings (SSSR count). The van der Waals surface area contributed by atoms with Crippen molar-refractivity contribution in [3.05, 3.63) is 28.8 Å². The molecule has 0 spiro atoms. The highest BCUT2D eigenvalue weighted by atomic mass is 35.5. The van der Waals surface area contributed by atoms with E-state index >= 15 is 0 Å². The highest BCUT2D eigenvalue weighted by molar-refractivity contribution is 6.30. The lowest BCUT2D eigenvalue weighted by atomic mass is 10.0. The topological polar surface area (TPSA) is 38.5 Å². The van der Waals surface area contributed by atoms with Crippen LogP contribution < -0.4 is 10.6 Å². The SMILES string of the molecule is CCOC1CCN(c2cc(Cl)ccc2CN)CC1. The van der Waals surface area contributed by atoms with Crippen LogP contribution in [0.3, 0.4) is 0 Å². The van der Waals surface area contributed by atoms with Gasteiger partial charge in [0, 0.05) is 37.0 Å². The Balaban J connectivity index is 2.06. The highest BCUT2D eigenvalue weighted by Gasteiger charge is 2.21. The van der Waals surface area contributed by atoms with Crippen molar-refractivity contribution in [1.82, 2.24) is 0 Å². The third kappa shape index (κ3) is 3.16. The molecular formula is C14H21ClN2O. The molecule has 3 nitrogen and oxygen atoms in total. The molecule has 1 fully saturated rings. The van der Waals surface area contributed by atoms with Crippen molar-refractivity contribution in [3.8, 4) is 0 Å². The van der Waals surface area contributed by atoms with Crippen molar-refractivity contribution in [2.75, 3.05) is 24.6 Å². The number of hydrogen-bond donors (Lipinski definition) is 1. The number of hydrogen-bond acceptors (Lipinski definition) is 3. The van der Waals surface area contributed by atoms with E-state index in [4.69, 9.17) is 22.1 Å². The molecule has 0 radical (unpaired) electrons. The van der Waals surface area contributed by atoms with E-state index < -0.39 is 0 Å². The van der Waals surface area contributed by atoms with Gasteiger partial charge in [0.15, 0.2) is 0 Å². The second kappa shape index (κ2) is 6.41. The maximum atomic E-state index is 6.08. The molecule has 1 aromatic rings. The van der Waals surface area contributed by atoms with Gasteiger partial charge in [0.05, 0.1) is 6.10 Å². The molecule has 0 unspecified atom stereocenters. The zero-order valence-corrected chi connectivity index (χ0v) is 11.6. The fourth-order valence-corrected chi connectivity index (χ4v) is 2.67. The van der Waals surface area contributed by atoms with Gasteiger partial charge in [-0.1, -0.05) is 17.7 Å². The van der Waals surface area contributed by atoms with Gasteiger partial charge in [0.2, 0.25) is 0 Å². The van der Waals surface area contributed by atoms with Gasteiger partial charge in [0.1, 0.15) is 0 Å². The first-order valence-electron chi connectivity index (χ1n) is 6.59. The molecule has 100 valence electrons. The summed E-state index contributed by atoms with van der Waals surface area (Å²) < 4.78 is 5.67. The van der Waals surface area contributed by atoms with Gasteiger partial charge in [-0.15, -0.1) is 0 Å². The molecule has 1 heterocycles. The average Bonchev–Trinajstić information content (AvgIpc) is 2.40. The Morgan fingerprint density at radius 3 is 2.72 bits per heavy atom. The molecule has 18 heavy (non-hydrogen) atoms. The summed E-state index contributed by atoms with van der Waals surface area (Å²) in [5, 5.41) is 0.772. The summed E-state index contributed by atoms with van der Waals surface area (Å²) in [6, 6.07) is 5.94. The average molecular weight is 269 g/mol. The van der Waals surface area contributed by atoms with Crippen molar-refractivity contribution in [3.63, 3.8) is 0 Å². The van der Waals surface area contributed by atoms with Gasteiger partial charge in [-0.2, -0.15) is 0 Å². The zero-order valence-electron chi connectivity index (χ0n) is 10.9. The molecule has 0 bridgehead atoms. The Morgan fingerprint density at radius 2 is 2.11 bits per heavy atom. The Labute approximate surface area is 114 Å². The van der Waals surface area contributed by atoms with E-state index in [2.05, 4.69) is 11.8 Å². The van der Waals surface area contributed by atoms with E-state index in [1.54, 1.807) is 0 Å². The molecular weight excluding hydrogens is 248 g/mol. The molecule has 1 aliphatic rings. The first-order valence-corrected chi connectivity index (χ1v) is 6.97. The minimum absolute atomic E-state index is 0.409. The van der Waals surface area contributed by atoms with Gasteiger partial charge in [0.25, 0.3) is 0 Å². The van der Waals surface area contributed by atoms with Crippen LogP contribution in [0.5, 0.6) is 0 Å². The molecule has 4 heteroatoms. The summed E-state index contributed by atoms with van der Waals surface area (Å²) in [4.78, 5) is 2.36. The van der Waals surface area contributed by atoms with E-state index in [9.17, 15) is 0 Å². The second-order valence-corrected chi connectivity index (χ2v) is 5.06. The number of ether oxygens (including phenoxy) is 1. The van der Waals surface area contributed by atoms with Crippen LogP contribution in [0, 0.1) is 0 Å². The molecule has 0 aromatic heterocycles. The second-order valence-electron chi connectivity index (χ2n) is 4.62. The third-order valence-electron chi connectivity index (χ3n) is 3.45. The molecule has 1 aromatic carbocycles. The summed E-state index contributed by atoms with van der Waals surface area (Å²) in [6.07, 6.45) is 2.56. The lowest BCUT2D eigenvalue weighted by molar-refractivity contribution is 0.0459. The monoisotopic (exact) mass is 268 g/mol. The predicted octanol–water partition coefficient (Wildman–Crippen LogP) is 2.80. The standard InChI is InChI=1S/C14H21ClN2O/c1-2-18-13-5-7-17(8-6-13)14-9-12(15)4-3-11(14)10-16/h3-4,9,13H,2,5-8,10,16H2,1H3. The lowest BCUT2D eigenvalue weighted by Gasteiger charge is -2.34. The number of nitrogens with two attached hydrogens (primary N) is 1. The Hall–Kier alpha value is -0.770. The number of piperidine rings is 1. The van der Waals surface area contributed by atoms with Crippen LogP contribution in [0.1, 0.15) is 25.3 Å². The fourth-order valence-electron chi connectivity index (χ4n) is 2.50. The Kier molecular flexibility index (Phi) is 4.87. The Bertz CT molecular complexity index is 389. The van der Waals surface area contributed by atoms with E-state index in [0.717, 1.165) is 43.1 Å². The normalized spacial score (nSPS) is 17.2. The summed E-state index contributed by atoms with van der Waals surface area (Å²) in [5.74, 6) is 0. The largest absolute Gasteiger partial charge is 0.378 e.